The van der Waals surface area contributed by atoms with E-state index in [1.165, 1.54) is 0 Å². The van der Waals surface area contributed by atoms with Crippen LogP contribution in [0.5, 0.6) is 0 Å². The SMILES string of the molecule is Clc1cccc(NCc2nc(C3CCOCC3)no2)c1. The molecule has 20 heavy (non-hydrogen) atoms. The van der Waals surface area contributed by atoms with E-state index in [1.54, 1.807) is 0 Å². The molecule has 0 unspecified atom stereocenters. The maximum Gasteiger partial charge on any atom is 0.245 e. The number of ether oxygens (including phenoxy) is 1. The molecular formula is C14H16ClN3O2. The number of nitrogens with one attached hydrogen (secondary N) is 1. The lowest BCUT2D eigenvalue weighted by atomic mass is 10.00. The molecule has 1 aromatic heterocycles. The van der Waals surface area contributed by atoms with Crippen LogP contribution in [0.25, 0.3) is 0 Å². The molecular weight excluding hydrogens is 278 g/mol. The molecule has 1 aliphatic heterocycles. The van der Waals surface area contributed by atoms with Crippen molar-refractivity contribution in [2.75, 3.05) is 18.5 Å². The van der Waals surface area contributed by atoms with E-state index in [-0.39, 0.29) is 0 Å². The van der Waals surface area contributed by atoms with Crippen molar-refractivity contribution >= 4 is 17.3 Å². The van der Waals surface area contributed by atoms with Gasteiger partial charge in [-0.05, 0) is 31.0 Å². The summed E-state index contributed by atoms with van der Waals surface area (Å²) < 4.78 is 10.6. The summed E-state index contributed by atoms with van der Waals surface area (Å²) in [6.45, 7) is 2.04. The fraction of sp³-hybridized carbons (Fsp3) is 0.429. The minimum absolute atomic E-state index is 0.354. The molecule has 1 fully saturated rings. The van der Waals surface area contributed by atoms with Gasteiger partial charge in [0.25, 0.3) is 0 Å². The van der Waals surface area contributed by atoms with Gasteiger partial charge in [0.15, 0.2) is 5.82 Å². The second-order valence-electron chi connectivity index (χ2n) is 4.80. The van der Waals surface area contributed by atoms with Crippen LogP contribution in [-0.2, 0) is 11.3 Å². The molecule has 5 nitrogen and oxygen atoms in total. The average Bonchev–Trinajstić information content (AvgIpc) is 2.95. The van der Waals surface area contributed by atoms with Crippen molar-refractivity contribution in [1.82, 2.24) is 10.1 Å². The Bertz CT molecular complexity index is 567. The molecule has 1 N–H and O–H groups in total. The van der Waals surface area contributed by atoms with Crippen molar-refractivity contribution in [3.05, 3.63) is 41.0 Å². The molecule has 6 heteroatoms. The molecule has 1 aromatic carbocycles. The Labute approximate surface area is 122 Å². The summed E-state index contributed by atoms with van der Waals surface area (Å²) in [6, 6.07) is 7.54. The van der Waals surface area contributed by atoms with Crippen LogP contribution in [0, 0.1) is 0 Å². The minimum Gasteiger partial charge on any atom is -0.381 e. The van der Waals surface area contributed by atoms with Crippen LogP contribution in [0.1, 0.15) is 30.5 Å². The van der Waals surface area contributed by atoms with Gasteiger partial charge in [0.2, 0.25) is 5.89 Å². The zero-order chi connectivity index (χ0) is 13.8. The molecule has 0 atom stereocenters. The summed E-state index contributed by atoms with van der Waals surface area (Å²) in [4.78, 5) is 4.44. The van der Waals surface area contributed by atoms with Gasteiger partial charge in [0, 0.05) is 29.8 Å². The standard InChI is InChI=1S/C14H16ClN3O2/c15-11-2-1-3-12(8-11)16-9-13-17-14(18-20-13)10-4-6-19-7-5-10/h1-3,8,10,16H,4-7,9H2. The van der Waals surface area contributed by atoms with Gasteiger partial charge >= 0.3 is 0 Å². The number of rotatable bonds is 4. The number of aromatic nitrogens is 2. The monoisotopic (exact) mass is 293 g/mol. The highest BCUT2D eigenvalue weighted by Crippen LogP contribution is 2.24. The fourth-order valence-corrected chi connectivity index (χ4v) is 2.43. The Hall–Kier alpha value is -1.59. The van der Waals surface area contributed by atoms with E-state index in [0.717, 1.165) is 37.6 Å². The number of benzene rings is 1. The van der Waals surface area contributed by atoms with Crippen molar-refractivity contribution in [3.8, 4) is 0 Å². The first kappa shape index (κ1) is 13.4. The van der Waals surface area contributed by atoms with Crippen molar-refractivity contribution in [3.63, 3.8) is 0 Å². The van der Waals surface area contributed by atoms with Crippen molar-refractivity contribution < 1.29 is 9.26 Å². The van der Waals surface area contributed by atoms with Crippen LogP contribution in [0.15, 0.2) is 28.8 Å². The quantitative estimate of drug-likeness (QED) is 0.938. The summed E-state index contributed by atoms with van der Waals surface area (Å²) in [5, 5.41) is 7.97. The van der Waals surface area contributed by atoms with Crippen LogP contribution in [0.2, 0.25) is 5.02 Å². The second-order valence-corrected chi connectivity index (χ2v) is 5.23. The predicted molar refractivity (Wildman–Crippen MR) is 75.9 cm³/mol. The van der Waals surface area contributed by atoms with E-state index in [0.29, 0.717) is 23.4 Å². The lowest BCUT2D eigenvalue weighted by molar-refractivity contribution is 0.0830. The Morgan fingerprint density at radius 2 is 2.15 bits per heavy atom. The van der Waals surface area contributed by atoms with Crippen molar-refractivity contribution in [2.24, 2.45) is 0 Å². The second kappa shape index (κ2) is 6.24. The molecule has 2 heterocycles. The molecule has 0 aliphatic carbocycles. The van der Waals surface area contributed by atoms with E-state index in [4.69, 9.17) is 20.9 Å². The van der Waals surface area contributed by atoms with E-state index < -0.39 is 0 Å². The summed E-state index contributed by atoms with van der Waals surface area (Å²) >= 11 is 5.93. The van der Waals surface area contributed by atoms with Crippen molar-refractivity contribution in [1.29, 1.82) is 0 Å². The van der Waals surface area contributed by atoms with E-state index in [9.17, 15) is 0 Å². The molecule has 0 saturated carbocycles. The van der Waals surface area contributed by atoms with Crippen LogP contribution in [0.3, 0.4) is 0 Å². The lowest BCUT2D eigenvalue weighted by Crippen LogP contribution is -2.15. The topological polar surface area (TPSA) is 60.2 Å². The number of anilines is 1. The summed E-state index contributed by atoms with van der Waals surface area (Å²) in [6.07, 6.45) is 1.92. The fourth-order valence-electron chi connectivity index (χ4n) is 2.24. The normalized spacial score (nSPS) is 16.2. The Morgan fingerprint density at radius 1 is 1.30 bits per heavy atom. The van der Waals surface area contributed by atoms with Crippen LogP contribution < -0.4 is 5.32 Å². The summed E-state index contributed by atoms with van der Waals surface area (Å²) in [7, 11) is 0. The molecule has 0 bridgehead atoms. The predicted octanol–water partition coefficient (Wildman–Crippen LogP) is 3.23. The van der Waals surface area contributed by atoms with E-state index in [1.807, 2.05) is 24.3 Å². The van der Waals surface area contributed by atoms with Crippen LogP contribution >= 0.6 is 11.6 Å². The third kappa shape index (κ3) is 3.29. The largest absolute Gasteiger partial charge is 0.381 e. The molecule has 0 spiro atoms. The van der Waals surface area contributed by atoms with E-state index >= 15 is 0 Å². The Morgan fingerprint density at radius 3 is 2.95 bits per heavy atom. The summed E-state index contributed by atoms with van der Waals surface area (Å²) in [5.74, 6) is 1.73. The zero-order valence-electron chi connectivity index (χ0n) is 11.0. The van der Waals surface area contributed by atoms with Crippen LogP contribution in [0.4, 0.5) is 5.69 Å². The highest BCUT2D eigenvalue weighted by atomic mass is 35.5. The Balaban J connectivity index is 1.59. The number of halogens is 1. The molecule has 0 radical (unpaired) electrons. The first-order chi connectivity index (χ1) is 9.81. The number of hydrogen-bond acceptors (Lipinski definition) is 5. The highest BCUT2D eigenvalue weighted by Gasteiger charge is 2.21. The molecule has 0 amide bonds. The first-order valence-electron chi connectivity index (χ1n) is 6.71. The smallest absolute Gasteiger partial charge is 0.245 e. The number of hydrogen-bond donors (Lipinski definition) is 1. The summed E-state index contributed by atoms with van der Waals surface area (Å²) in [5.41, 5.74) is 0.934. The maximum atomic E-state index is 5.93. The van der Waals surface area contributed by atoms with Gasteiger partial charge in [-0.25, -0.2) is 0 Å². The molecule has 1 aliphatic rings. The Kier molecular flexibility index (Phi) is 4.18. The molecule has 1 saturated heterocycles. The van der Waals surface area contributed by atoms with Gasteiger partial charge in [-0.15, -0.1) is 0 Å². The minimum atomic E-state index is 0.354. The highest BCUT2D eigenvalue weighted by molar-refractivity contribution is 6.30. The van der Waals surface area contributed by atoms with Crippen molar-refractivity contribution in [2.45, 2.75) is 25.3 Å². The first-order valence-corrected chi connectivity index (χ1v) is 7.09. The average molecular weight is 294 g/mol. The molecule has 106 valence electrons. The maximum absolute atomic E-state index is 5.93. The van der Waals surface area contributed by atoms with Crippen LogP contribution in [-0.4, -0.2) is 23.4 Å². The number of nitrogens with zero attached hydrogens (tertiary/aromatic N) is 2. The third-order valence-corrected chi connectivity index (χ3v) is 3.57. The van der Waals surface area contributed by atoms with Gasteiger partial charge in [0.05, 0.1) is 6.54 Å². The van der Waals surface area contributed by atoms with Gasteiger partial charge in [-0.3, -0.25) is 0 Å². The van der Waals surface area contributed by atoms with E-state index in [2.05, 4.69) is 15.5 Å². The molecule has 2 aromatic rings. The lowest BCUT2D eigenvalue weighted by Gasteiger charge is -2.18. The van der Waals surface area contributed by atoms with Gasteiger partial charge < -0.3 is 14.6 Å². The van der Waals surface area contributed by atoms with Gasteiger partial charge in [0.1, 0.15) is 0 Å². The van der Waals surface area contributed by atoms with Gasteiger partial charge in [-0.2, -0.15) is 4.98 Å². The molecule has 3 rings (SSSR count). The zero-order valence-corrected chi connectivity index (χ0v) is 11.8. The third-order valence-electron chi connectivity index (χ3n) is 3.34. The van der Waals surface area contributed by atoms with Gasteiger partial charge in [-0.1, -0.05) is 22.8 Å².